The molecule has 0 heterocycles. The smallest absolute Gasteiger partial charge is 0.330 e. The van der Waals surface area contributed by atoms with E-state index in [1.165, 1.54) is 0 Å². The van der Waals surface area contributed by atoms with Gasteiger partial charge in [-0.1, -0.05) is 50.9 Å². The van der Waals surface area contributed by atoms with E-state index in [0.29, 0.717) is 10.7 Å². The van der Waals surface area contributed by atoms with Crippen molar-refractivity contribution in [1.29, 1.82) is 0 Å². The van der Waals surface area contributed by atoms with Gasteiger partial charge in [-0.05, 0) is 17.6 Å². The molecule has 0 aromatic heterocycles. The number of carbonyl (C=O) groups excluding carboxylic acids is 1. The zero-order valence-corrected chi connectivity index (χ0v) is 16.0. The zero-order valence-electron chi connectivity index (χ0n) is 11.7. The first-order valence-electron chi connectivity index (χ1n) is 5.76. The summed E-state index contributed by atoms with van der Waals surface area (Å²) in [6, 6.07) is 0.655. The number of hydrogen-bond donors (Lipinski definition) is 0. The lowest BCUT2D eigenvalue weighted by molar-refractivity contribution is -0.137. The van der Waals surface area contributed by atoms with Gasteiger partial charge in [-0.15, -0.1) is 11.6 Å². The van der Waals surface area contributed by atoms with Crippen LogP contribution in [0, 0.1) is 0 Å². The molecular formula is C11H21Cl3O2Si2. The summed E-state index contributed by atoms with van der Waals surface area (Å²) in [4.78, 5) is 11.8. The van der Waals surface area contributed by atoms with Crippen molar-refractivity contribution in [2.24, 2.45) is 0 Å². The molecule has 0 aromatic rings. The molecule has 0 spiro atoms. The van der Waals surface area contributed by atoms with Gasteiger partial charge in [0.05, 0.1) is 12.7 Å². The van der Waals surface area contributed by atoms with E-state index in [2.05, 4.69) is 19.6 Å². The molecule has 0 N–H and O–H groups in total. The highest BCUT2D eigenvalue weighted by atomic mass is 35.5. The average Bonchev–Trinajstić information content (AvgIpc) is 2.12. The molecule has 2 nitrogen and oxygen atoms in total. The summed E-state index contributed by atoms with van der Waals surface area (Å²) >= 11 is 18.0. The monoisotopic (exact) mass is 346 g/mol. The Morgan fingerprint density at radius 2 is 1.56 bits per heavy atom. The Morgan fingerprint density at radius 3 is 1.89 bits per heavy atom. The van der Waals surface area contributed by atoms with Crippen LogP contribution in [0.2, 0.25) is 45.3 Å². The van der Waals surface area contributed by atoms with Crippen LogP contribution < -0.4 is 0 Å². The summed E-state index contributed by atoms with van der Waals surface area (Å²) in [6.45, 7) is 12.5. The maximum Gasteiger partial charge on any atom is 0.330 e. The van der Waals surface area contributed by atoms with E-state index in [4.69, 9.17) is 39.5 Å². The van der Waals surface area contributed by atoms with E-state index in [1.54, 1.807) is 0 Å². The third-order valence-electron chi connectivity index (χ3n) is 2.07. The summed E-state index contributed by atoms with van der Waals surface area (Å²) in [5.74, 6) is -0.513. The van der Waals surface area contributed by atoms with Crippen LogP contribution in [0.15, 0.2) is 9.87 Å². The van der Waals surface area contributed by atoms with Crippen LogP contribution in [0.4, 0.5) is 0 Å². The summed E-state index contributed by atoms with van der Waals surface area (Å²) < 4.78 is 5.50. The molecule has 0 rings (SSSR count). The van der Waals surface area contributed by atoms with Crippen molar-refractivity contribution in [2.75, 3.05) is 0 Å². The molecule has 18 heavy (non-hydrogen) atoms. The summed E-state index contributed by atoms with van der Waals surface area (Å²) in [6.07, 6.45) is 0. The molecule has 7 heteroatoms. The van der Waals surface area contributed by atoms with Crippen LogP contribution in [0.3, 0.4) is 0 Å². The fraction of sp³-hybridized carbons (Fsp3) is 0.727. The Hall–Kier alpha value is 0.514. The molecule has 0 radical (unpaired) electrons. The Kier molecular flexibility index (Phi) is 6.99. The van der Waals surface area contributed by atoms with E-state index in [9.17, 15) is 4.79 Å². The maximum absolute atomic E-state index is 11.8. The summed E-state index contributed by atoms with van der Waals surface area (Å²) in [5, 5.41) is -0.682. The lowest BCUT2D eigenvalue weighted by Gasteiger charge is -2.20. The molecule has 1 atom stereocenters. The molecule has 0 saturated carbocycles. The van der Waals surface area contributed by atoms with Crippen LogP contribution in [-0.4, -0.2) is 27.5 Å². The van der Waals surface area contributed by atoms with Crippen LogP contribution in [0.1, 0.15) is 0 Å². The van der Waals surface area contributed by atoms with Gasteiger partial charge in [-0.2, -0.15) is 0 Å². The molecule has 0 fully saturated rings. The van der Waals surface area contributed by atoms with E-state index in [0.717, 1.165) is 0 Å². The Labute approximate surface area is 127 Å². The van der Waals surface area contributed by atoms with Gasteiger partial charge < -0.3 is 4.74 Å². The first kappa shape index (κ1) is 18.5. The highest BCUT2D eigenvalue weighted by Crippen LogP contribution is 2.27. The van der Waals surface area contributed by atoms with Crippen molar-refractivity contribution in [3.8, 4) is 0 Å². The number of esters is 1. The van der Waals surface area contributed by atoms with Gasteiger partial charge in [-0.3, -0.25) is 4.79 Å². The van der Waals surface area contributed by atoms with Gasteiger partial charge in [0.15, 0.2) is 0 Å². The van der Waals surface area contributed by atoms with Crippen molar-refractivity contribution in [3.63, 3.8) is 0 Å². The molecule has 0 amide bonds. The maximum atomic E-state index is 11.8. The molecule has 0 unspecified atom stereocenters. The van der Waals surface area contributed by atoms with Gasteiger partial charge in [0.25, 0.3) is 0 Å². The van der Waals surface area contributed by atoms with E-state index in [-0.39, 0.29) is 5.22 Å². The fourth-order valence-corrected chi connectivity index (χ4v) is 5.39. The normalized spacial score (nSPS) is 16.1. The van der Waals surface area contributed by atoms with Crippen LogP contribution in [-0.2, 0) is 9.53 Å². The van der Waals surface area contributed by atoms with Gasteiger partial charge in [-0.25, -0.2) is 0 Å². The minimum atomic E-state index is -1.77. The molecule has 0 aliphatic heterocycles. The highest BCUT2D eigenvalue weighted by Gasteiger charge is 2.28. The second kappa shape index (κ2) is 6.79. The topological polar surface area (TPSA) is 26.3 Å². The van der Waals surface area contributed by atoms with E-state index < -0.39 is 27.5 Å². The Balaban J connectivity index is 4.68. The van der Waals surface area contributed by atoms with Crippen molar-refractivity contribution in [1.82, 2.24) is 0 Å². The highest BCUT2D eigenvalue weighted by molar-refractivity contribution is 6.92. The number of carbonyl (C=O) groups is 1. The predicted octanol–water partition coefficient (Wildman–Crippen LogP) is 5.00. The number of rotatable bonds is 5. The van der Waals surface area contributed by atoms with E-state index >= 15 is 0 Å². The van der Waals surface area contributed by atoms with Crippen LogP contribution in [0.25, 0.3) is 0 Å². The predicted molar refractivity (Wildman–Crippen MR) is 86.0 cm³/mol. The average molecular weight is 348 g/mol. The SMILES string of the molecule is C[Si](C)(C)C[C@H](Cl)C(=O)O/C(Cl)=C(/Cl)[Si](C)(C)C. The second-order valence-corrected chi connectivity index (χ2v) is 18.6. The number of alkyl halides is 1. The molecule has 0 saturated heterocycles. The minimum absolute atomic E-state index is 0.0259. The van der Waals surface area contributed by atoms with Gasteiger partial charge in [0, 0.05) is 8.07 Å². The number of ether oxygens (including phenoxy) is 1. The summed E-state index contributed by atoms with van der Waals surface area (Å²) in [5.41, 5.74) is 0. The molecule has 0 aliphatic rings. The standard InChI is InChI=1S/C11H21Cl3O2Si2/c1-17(2,3)7-8(12)11(15)16-9(13)10(14)18(4,5)6/h8H,7H2,1-6H3/b10-9-/t8-/m0/s1. The van der Waals surface area contributed by atoms with Crippen LogP contribution in [0.5, 0.6) is 0 Å². The summed E-state index contributed by atoms with van der Waals surface area (Å²) in [7, 11) is -3.18. The van der Waals surface area contributed by atoms with Crippen molar-refractivity contribution >= 4 is 56.9 Å². The van der Waals surface area contributed by atoms with Crippen molar-refractivity contribution < 1.29 is 9.53 Å². The van der Waals surface area contributed by atoms with Gasteiger partial charge in [0.1, 0.15) is 5.38 Å². The molecule has 0 aliphatic carbocycles. The largest absolute Gasteiger partial charge is 0.412 e. The van der Waals surface area contributed by atoms with E-state index in [1.807, 2.05) is 19.6 Å². The van der Waals surface area contributed by atoms with Crippen molar-refractivity contribution in [2.45, 2.75) is 50.7 Å². The molecule has 106 valence electrons. The third kappa shape index (κ3) is 7.19. The molecular weight excluding hydrogens is 327 g/mol. The zero-order chi connectivity index (χ0) is 14.7. The first-order chi connectivity index (χ1) is 7.84. The third-order valence-corrected chi connectivity index (χ3v) is 8.23. The lowest BCUT2D eigenvalue weighted by Crippen LogP contribution is -2.30. The number of hydrogen-bond acceptors (Lipinski definition) is 2. The lowest BCUT2D eigenvalue weighted by atomic mass is 10.5. The molecule has 0 aromatic carbocycles. The molecule has 0 bridgehead atoms. The Morgan fingerprint density at radius 1 is 1.11 bits per heavy atom. The van der Waals surface area contributed by atoms with Gasteiger partial charge >= 0.3 is 5.97 Å². The quantitative estimate of drug-likeness (QED) is 0.303. The number of halogens is 3. The van der Waals surface area contributed by atoms with Crippen LogP contribution >= 0.6 is 34.8 Å². The first-order valence-corrected chi connectivity index (χ1v) is 14.2. The minimum Gasteiger partial charge on any atom is -0.412 e. The van der Waals surface area contributed by atoms with Crippen molar-refractivity contribution in [3.05, 3.63) is 9.87 Å². The second-order valence-electron chi connectivity index (χ2n) is 6.49. The fourth-order valence-electron chi connectivity index (χ4n) is 1.11. The Bertz CT molecular complexity index is 343. The van der Waals surface area contributed by atoms with Gasteiger partial charge in [0.2, 0.25) is 5.22 Å².